The van der Waals surface area contributed by atoms with Gasteiger partial charge in [-0.25, -0.2) is 9.97 Å². The van der Waals surface area contributed by atoms with Gasteiger partial charge in [-0.05, 0) is 55.6 Å². The molecule has 6 nitrogen and oxygen atoms in total. The zero-order chi connectivity index (χ0) is 22.9. The predicted molar refractivity (Wildman–Crippen MR) is 136 cm³/mol. The minimum Gasteiger partial charge on any atom is -0.339 e. The molecule has 0 spiro atoms. The van der Waals surface area contributed by atoms with Crippen LogP contribution in [0.25, 0.3) is 21.3 Å². The zero-order valence-electron chi connectivity index (χ0n) is 18.5. The number of thiophene rings is 1. The molecule has 34 heavy (non-hydrogen) atoms. The van der Waals surface area contributed by atoms with Crippen molar-refractivity contribution >= 4 is 44.1 Å². The number of fused-ring (bicyclic) bond motifs is 2. The second-order valence-corrected chi connectivity index (χ2v) is 9.47. The van der Waals surface area contributed by atoms with E-state index in [1.807, 2.05) is 36.4 Å². The van der Waals surface area contributed by atoms with E-state index in [0.29, 0.717) is 22.8 Å². The average Bonchev–Trinajstić information content (AvgIpc) is 3.45. The summed E-state index contributed by atoms with van der Waals surface area (Å²) in [5.41, 5.74) is 4.08. The Bertz CT molecular complexity index is 1520. The van der Waals surface area contributed by atoms with E-state index in [-0.39, 0.29) is 6.04 Å². The van der Waals surface area contributed by atoms with Crippen molar-refractivity contribution in [3.05, 3.63) is 71.4 Å². The summed E-state index contributed by atoms with van der Waals surface area (Å²) < 4.78 is 17.4. The summed E-state index contributed by atoms with van der Waals surface area (Å²) in [5.74, 6) is 7.28. The third-order valence-electron chi connectivity index (χ3n) is 6.05. The van der Waals surface area contributed by atoms with Gasteiger partial charge in [-0.15, -0.1) is 16.2 Å². The highest BCUT2D eigenvalue weighted by Gasteiger charge is 2.16. The minimum absolute atomic E-state index is 0.269. The van der Waals surface area contributed by atoms with Gasteiger partial charge in [0.25, 0.3) is 0 Å². The van der Waals surface area contributed by atoms with E-state index < -0.39 is 0 Å². The fourth-order valence-corrected chi connectivity index (χ4v) is 5.22. The summed E-state index contributed by atoms with van der Waals surface area (Å²) in [6, 6.07) is 7.95. The van der Waals surface area contributed by atoms with Crippen LogP contribution in [0.5, 0.6) is 0 Å². The number of hydrogen-bond donors (Lipinski definition) is 2. The Balaban J connectivity index is 1.24. The van der Waals surface area contributed by atoms with Crippen LogP contribution in [0.3, 0.4) is 0 Å². The van der Waals surface area contributed by atoms with Crippen molar-refractivity contribution in [2.45, 2.75) is 31.8 Å². The van der Waals surface area contributed by atoms with Crippen molar-refractivity contribution < 1.29 is 4.48 Å². The number of nitrogens with one attached hydrogen (secondary N) is 2. The number of aromatic nitrogens is 4. The van der Waals surface area contributed by atoms with Gasteiger partial charge in [0.1, 0.15) is 11.8 Å². The van der Waals surface area contributed by atoms with Crippen LogP contribution < -0.4 is 10.6 Å². The van der Waals surface area contributed by atoms with Crippen LogP contribution in [0.1, 0.15) is 24.1 Å². The van der Waals surface area contributed by atoms with Crippen molar-refractivity contribution in [1.82, 2.24) is 24.9 Å². The van der Waals surface area contributed by atoms with Crippen molar-refractivity contribution in [2.75, 3.05) is 11.9 Å². The molecule has 1 atom stereocenters. The number of benzene rings is 1. The average molecular weight is 471 g/mol. The molecule has 1 aliphatic heterocycles. The van der Waals surface area contributed by atoms with Gasteiger partial charge in [0.15, 0.2) is 5.82 Å². The van der Waals surface area contributed by atoms with Crippen molar-refractivity contribution in [2.24, 2.45) is 0 Å². The van der Waals surface area contributed by atoms with E-state index in [4.69, 9.17) is 0 Å². The highest BCUT2D eigenvalue weighted by atomic mass is 32.1. The van der Waals surface area contributed by atoms with Gasteiger partial charge < -0.3 is 10.6 Å². The fourth-order valence-electron chi connectivity index (χ4n) is 4.30. The molecule has 1 fully saturated rings. The van der Waals surface area contributed by atoms with Gasteiger partial charge in [-0.1, -0.05) is 46.7 Å². The number of halogens is 1. The normalized spacial score (nSPS) is 17.7. The minimum atomic E-state index is 0.269. The molecule has 0 radical (unpaired) electrons. The second-order valence-electron chi connectivity index (χ2n) is 8.42. The molecule has 1 saturated heterocycles. The maximum Gasteiger partial charge on any atom is 0.151 e. The van der Waals surface area contributed by atoms with Crippen molar-refractivity contribution in [3.8, 4) is 11.8 Å². The van der Waals surface area contributed by atoms with Gasteiger partial charge >= 0.3 is 0 Å². The molecule has 4 aromatic rings. The molecular formula is C26H23FN6S. The molecular weight excluding hydrogens is 447 g/mol. The molecule has 1 unspecified atom stereocenters. The summed E-state index contributed by atoms with van der Waals surface area (Å²) in [6.45, 7) is 1.52. The Kier molecular flexibility index (Phi) is 5.49. The molecule has 4 heterocycles. The van der Waals surface area contributed by atoms with Crippen LogP contribution >= 0.6 is 11.3 Å². The molecule has 6 rings (SSSR count). The number of allylic oxidation sites excluding steroid dienone is 6. The third-order valence-corrected chi connectivity index (χ3v) is 7.10. The van der Waals surface area contributed by atoms with Gasteiger partial charge in [-0.3, -0.25) is 4.68 Å². The molecule has 1 aliphatic carbocycles. The maximum absolute atomic E-state index is 14.8. The highest BCUT2D eigenvalue weighted by molar-refractivity contribution is 7.20. The topological polar surface area (TPSA) is 59.7 Å². The Labute approximate surface area is 200 Å². The first-order valence-electron chi connectivity index (χ1n) is 11.4. The summed E-state index contributed by atoms with van der Waals surface area (Å²) in [5, 5.41) is 6.74. The molecule has 0 amide bonds. The Morgan fingerprint density at radius 3 is 3.09 bits per heavy atom. The number of anilines is 2. The van der Waals surface area contributed by atoms with Gasteiger partial charge in [0, 0.05) is 5.69 Å². The molecule has 1 aromatic carbocycles. The molecule has 170 valence electrons. The largest absolute Gasteiger partial charge is 0.339 e. The van der Waals surface area contributed by atoms with Crippen LogP contribution in [0, 0.1) is 11.8 Å². The van der Waals surface area contributed by atoms with Gasteiger partial charge in [0.05, 0.1) is 33.2 Å². The van der Waals surface area contributed by atoms with E-state index in [0.717, 1.165) is 51.3 Å². The second kappa shape index (κ2) is 8.93. The number of rotatable bonds is 4. The first-order valence-corrected chi connectivity index (χ1v) is 12.2. The lowest BCUT2D eigenvalue weighted by Gasteiger charge is -2.21. The van der Waals surface area contributed by atoms with Crippen molar-refractivity contribution in [3.63, 3.8) is 0 Å². The van der Waals surface area contributed by atoms with Crippen LogP contribution in [0.2, 0.25) is 0 Å². The Morgan fingerprint density at radius 2 is 2.18 bits per heavy atom. The summed E-state index contributed by atoms with van der Waals surface area (Å²) in [6.07, 6.45) is 15.0. The lowest BCUT2D eigenvalue weighted by molar-refractivity contribution is 0.256. The monoisotopic (exact) mass is 470 g/mol. The van der Waals surface area contributed by atoms with Gasteiger partial charge in [0.2, 0.25) is 0 Å². The summed E-state index contributed by atoms with van der Waals surface area (Å²) >= 11 is 1.57. The van der Waals surface area contributed by atoms with Crippen LogP contribution in [0.15, 0.2) is 66.5 Å². The molecule has 2 aliphatic rings. The smallest absolute Gasteiger partial charge is 0.151 e. The van der Waals surface area contributed by atoms with E-state index in [9.17, 15) is 4.48 Å². The lowest BCUT2D eigenvalue weighted by Crippen LogP contribution is -2.19. The molecule has 3 aromatic heterocycles. The molecule has 8 heteroatoms. The molecule has 2 N–H and O–H groups in total. The molecule has 0 bridgehead atoms. The standard InChI is InChI=1S/C26H23FN6S/c27-33-24-14-20(10-12-23(24)32(33)16-18-6-3-1-2-4-7-18)31-26-25-22(29-17-30-26)15-21(34-25)11-9-19-8-5-13-28-19/h1,3-4,6-7,10,12,14-15,17,19,28H,2,5,8,13,16H2,(H,29,30,31). The number of hydrogen-bond acceptors (Lipinski definition) is 5. The fraction of sp³-hybridized carbons (Fsp3) is 0.231. The van der Waals surface area contributed by atoms with Crippen LogP contribution in [-0.4, -0.2) is 32.1 Å². The summed E-state index contributed by atoms with van der Waals surface area (Å²) in [7, 11) is 0. The van der Waals surface area contributed by atoms with E-state index in [2.05, 4.69) is 44.6 Å². The quantitative estimate of drug-likeness (QED) is 0.389. The predicted octanol–water partition coefficient (Wildman–Crippen LogP) is 5.47. The van der Waals surface area contributed by atoms with E-state index in [1.54, 1.807) is 28.4 Å². The highest BCUT2D eigenvalue weighted by Crippen LogP contribution is 2.32. The lowest BCUT2D eigenvalue weighted by atomic mass is 10.2. The Morgan fingerprint density at radius 1 is 1.21 bits per heavy atom. The first kappa shape index (κ1) is 20.9. The maximum atomic E-state index is 14.8. The van der Waals surface area contributed by atoms with Crippen molar-refractivity contribution in [1.29, 1.82) is 0 Å². The van der Waals surface area contributed by atoms with E-state index >= 15 is 0 Å². The molecule has 0 saturated carbocycles. The zero-order valence-corrected chi connectivity index (χ0v) is 19.3. The van der Waals surface area contributed by atoms with Crippen LogP contribution in [0.4, 0.5) is 16.0 Å². The van der Waals surface area contributed by atoms with Gasteiger partial charge in [-0.2, -0.15) is 0 Å². The van der Waals surface area contributed by atoms with E-state index in [1.165, 1.54) is 6.42 Å². The third kappa shape index (κ3) is 4.04. The van der Waals surface area contributed by atoms with Crippen LogP contribution in [-0.2, 0) is 6.54 Å². The SMILES string of the molecule is Fn1c2cc(Nc3ncnc4cc(C#CC5CCCN5)sc34)ccc2n1CC1=CC=CCC=C1. The summed E-state index contributed by atoms with van der Waals surface area (Å²) in [4.78, 5) is 10.5. The first-order chi connectivity index (χ1) is 16.7. The Hall–Kier alpha value is -3.67. The number of nitrogens with zero attached hydrogens (tertiary/aromatic N) is 4.